The average molecular weight is 277 g/mol. The Balaban J connectivity index is 2.16. The van der Waals surface area contributed by atoms with Gasteiger partial charge in [-0.25, -0.2) is 9.59 Å². The zero-order chi connectivity index (χ0) is 14.3. The smallest absolute Gasteiger partial charge is 0.411 e. The quantitative estimate of drug-likeness (QED) is 0.762. The summed E-state index contributed by atoms with van der Waals surface area (Å²) in [4.78, 5) is 25.5. The third-order valence-corrected chi connectivity index (χ3v) is 3.81. The maximum Gasteiger partial charge on any atom is 0.411 e. The minimum Gasteiger partial charge on any atom is -0.496 e. The van der Waals surface area contributed by atoms with Gasteiger partial charge in [-0.3, -0.25) is 4.90 Å². The van der Waals surface area contributed by atoms with Crippen molar-refractivity contribution in [3.63, 3.8) is 0 Å². The summed E-state index contributed by atoms with van der Waals surface area (Å²) in [7, 11) is 2.85. The summed E-state index contributed by atoms with van der Waals surface area (Å²) in [6.07, 6.45) is 0.160. The van der Waals surface area contributed by atoms with Crippen LogP contribution in [0, 0.1) is 0 Å². The van der Waals surface area contributed by atoms with Gasteiger partial charge in [0.25, 0.3) is 0 Å². The molecule has 0 unspecified atom stereocenters. The van der Waals surface area contributed by atoms with E-state index in [-0.39, 0.29) is 6.04 Å². The Morgan fingerprint density at radius 3 is 2.90 bits per heavy atom. The molecular formula is C14H15NO5. The number of fused-ring (bicyclic) bond motifs is 2. The Morgan fingerprint density at radius 1 is 1.40 bits per heavy atom. The number of ether oxygens (including phenoxy) is 3. The van der Waals surface area contributed by atoms with Gasteiger partial charge >= 0.3 is 12.1 Å². The molecule has 2 heterocycles. The van der Waals surface area contributed by atoms with Crippen LogP contribution in [0.3, 0.4) is 0 Å². The SMILES string of the molecule is COC(=O)[C@H]1c2c(cccc2OC)C[C@H]2COC(=O)N21. The maximum absolute atomic E-state index is 12.2. The van der Waals surface area contributed by atoms with Crippen molar-refractivity contribution in [2.75, 3.05) is 20.8 Å². The van der Waals surface area contributed by atoms with Gasteiger partial charge < -0.3 is 14.2 Å². The highest BCUT2D eigenvalue weighted by atomic mass is 16.6. The third kappa shape index (κ3) is 1.71. The van der Waals surface area contributed by atoms with Gasteiger partial charge in [-0.15, -0.1) is 0 Å². The average Bonchev–Trinajstić information content (AvgIpc) is 2.84. The van der Waals surface area contributed by atoms with Crippen molar-refractivity contribution in [2.45, 2.75) is 18.5 Å². The second-order valence-electron chi connectivity index (χ2n) is 4.80. The third-order valence-electron chi connectivity index (χ3n) is 3.81. The van der Waals surface area contributed by atoms with E-state index >= 15 is 0 Å². The highest BCUT2D eigenvalue weighted by Crippen LogP contribution is 2.41. The van der Waals surface area contributed by atoms with Crippen molar-refractivity contribution in [3.8, 4) is 5.75 Å². The Labute approximate surface area is 116 Å². The van der Waals surface area contributed by atoms with E-state index in [9.17, 15) is 9.59 Å². The normalized spacial score (nSPS) is 23.7. The largest absolute Gasteiger partial charge is 0.496 e. The number of methoxy groups -OCH3 is 2. The first-order valence-corrected chi connectivity index (χ1v) is 6.36. The van der Waals surface area contributed by atoms with Crippen molar-refractivity contribution in [2.24, 2.45) is 0 Å². The van der Waals surface area contributed by atoms with Crippen LogP contribution < -0.4 is 4.74 Å². The molecule has 1 saturated heterocycles. The summed E-state index contributed by atoms with van der Waals surface area (Å²) in [5.41, 5.74) is 1.68. The summed E-state index contributed by atoms with van der Waals surface area (Å²) in [6.45, 7) is 0.295. The van der Waals surface area contributed by atoms with Crippen LogP contribution in [-0.4, -0.2) is 43.8 Å². The van der Waals surface area contributed by atoms with Crippen molar-refractivity contribution in [1.29, 1.82) is 0 Å². The maximum atomic E-state index is 12.2. The molecule has 2 atom stereocenters. The van der Waals surface area contributed by atoms with Gasteiger partial charge in [0.2, 0.25) is 0 Å². The van der Waals surface area contributed by atoms with E-state index in [1.807, 2.05) is 12.1 Å². The molecule has 2 aliphatic rings. The summed E-state index contributed by atoms with van der Waals surface area (Å²) >= 11 is 0. The molecule has 2 aliphatic heterocycles. The van der Waals surface area contributed by atoms with E-state index < -0.39 is 18.1 Å². The Hall–Kier alpha value is -2.24. The first kappa shape index (κ1) is 12.8. The Kier molecular flexibility index (Phi) is 3.00. The predicted molar refractivity (Wildman–Crippen MR) is 68.4 cm³/mol. The molecule has 0 aliphatic carbocycles. The molecule has 20 heavy (non-hydrogen) atoms. The second kappa shape index (κ2) is 4.70. The van der Waals surface area contributed by atoms with Gasteiger partial charge in [-0.1, -0.05) is 12.1 Å². The number of nitrogens with zero attached hydrogens (tertiary/aromatic N) is 1. The van der Waals surface area contributed by atoms with Crippen LogP contribution >= 0.6 is 0 Å². The fourth-order valence-electron chi connectivity index (χ4n) is 2.94. The summed E-state index contributed by atoms with van der Waals surface area (Å²) in [6, 6.07) is 4.65. The van der Waals surface area contributed by atoms with Crippen molar-refractivity contribution in [3.05, 3.63) is 29.3 Å². The van der Waals surface area contributed by atoms with E-state index in [0.29, 0.717) is 24.3 Å². The summed E-state index contributed by atoms with van der Waals surface area (Å²) in [5, 5.41) is 0. The van der Waals surface area contributed by atoms with Crippen LogP contribution in [0.5, 0.6) is 5.75 Å². The van der Waals surface area contributed by atoms with Crippen LogP contribution in [-0.2, 0) is 20.7 Å². The number of benzene rings is 1. The van der Waals surface area contributed by atoms with Gasteiger partial charge in [-0.2, -0.15) is 0 Å². The molecule has 106 valence electrons. The number of carbonyl (C=O) groups is 2. The molecule has 0 N–H and O–H groups in total. The molecule has 0 bridgehead atoms. The first-order valence-electron chi connectivity index (χ1n) is 6.36. The first-order chi connectivity index (χ1) is 9.67. The van der Waals surface area contributed by atoms with Crippen molar-refractivity contribution in [1.82, 2.24) is 4.90 Å². The molecule has 6 nitrogen and oxygen atoms in total. The standard InChI is InChI=1S/C14H15NO5/c1-18-10-5-3-4-8-6-9-7-20-14(17)15(9)12(11(8)10)13(16)19-2/h3-5,9,12H,6-7H2,1-2H3/t9-,12+/m0/s1. The van der Waals surface area contributed by atoms with Crippen LogP contribution in [0.1, 0.15) is 17.2 Å². The van der Waals surface area contributed by atoms with Crippen molar-refractivity contribution < 1.29 is 23.8 Å². The van der Waals surface area contributed by atoms with Gasteiger partial charge in [-0.05, 0) is 18.1 Å². The van der Waals surface area contributed by atoms with Crippen LogP contribution in [0.25, 0.3) is 0 Å². The zero-order valence-corrected chi connectivity index (χ0v) is 11.3. The monoisotopic (exact) mass is 277 g/mol. The Bertz CT molecular complexity index is 571. The number of amides is 1. The van der Waals surface area contributed by atoms with E-state index in [1.165, 1.54) is 12.0 Å². The van der Waals surface area contributed by atoms with E-state index in [1.54, 1.807) is 13.2 Å². The fraction of sp³-hybridized carbons (Fsp3) is 0.429. The number of esters is 1. The highest BCUT2D eigenvalue weighted by Gasteiger charge is 2.48. The number of rotatable bonds is 2. The van der Waals surface area contributed by atoms with Crippen LogP contribution in [0.2, 0.25) is 0 Å². The predicted octanol–water partition coefficient (Wildman–Crippen LogP) is 1.29. The molecule has 1 amide bonds. The highest BCUT2D eigenvalue weighted by molar-refractivity contribution is 5.86. The second-order valence-corrected chi connectivity index (χ2v) is 4.80. The van der Waals surface area contributed by atoms with Crippen molar-refractivity contribution >= 4 is 12.1 Å². The van der Waals surface area contributed by atoms with Crippen LogP contribution in [0.4, 0.5) is 4.79 Å². The zero-order valence-electron chi connectivity index (χ0n) is 11.3. The lowest BCUT2D eigenvalue weighted by molar-refractivity contribution is -0.147. The molecular weight excluding hydrogens is 262 g/mol. The number of cyclic esters (lactones) is 1. The lowest BCUT2D eigenvalue weighted by Crippen LogP contribution is -2.46. The molecule has 0 spiro atoms. The minimum absolute atomic E-state index is 0.133. The molecule has 1 aromatic carbocycles. The molecule has 1 aromatic rings. The molecule has 6 heteroatoms. The fourth-order valence-corrected chi connectivity index (χ4v) is 2.94. The number of hydrogen-bond acceptors (Lipinski definition) is 5. The summed E-state index contributed by atoms with van der Waals surface area (Å²) < 4.78 is 15.3. The molecule has 0 aromatic heterocycles. The lowest BCUT2D eigenvalue weighted by atomic mass is 9.88. The van der Waals surface area contributed by atoms with Gasteiger partial charge in [0.1, 0.15) is 12.4 Å². The Morgan fingerprint density at radius 2 is 2.20 bits per heavy atom. The molecule has 0 radical (unpaired) electrons. The lowest BCUT2D eigenvalue weighted by Gasteiger charge is -2.35. The van der Waals surface area contributed by atoms with E-state index in [4.69, 9.17) is 14.2 Å². The number of hydrogen-bond donors (Lipinski definition) is 0. The molecule has 0 saturated carbocycles. The van der Waals surface area contributed by atoms with E-state index in [2.05, 4.69) is 0 Å². The molecule has 3 rings (SSSR count). The number of carbonyl (C=O) groups excluding carboxylic acids is 2. The van der Waals surface area contributed by atoms with Crippen LogP contribution in [0.15, 0.2) is 18.2 Å². The molecule has 1 fully saturated rings. The summed E-state index contributed by atoms with van der Waals surface area (Å²) in [5.74, 6) is 0.0929. The van der Waals surface area contributed by atoms with Gasteiger partial charge in [0, 0.05) is 5.56 Å². The topological polar surface area (TPSA) is 65.1 Å². The minimum atomic E-state index is -0.806. The van der Waals surface area contributed by atoms with E-state index in [0.717, 1.165) is 5.56 Å². The van der Waals surface area contributed by atoms with Gasteiger partial charge in [0.15, 0.2) is 6.04 Å². The van der Waals surface area contributed by atoms with Gasteiger partial charge in [0.05, 0.1) is 20.3 Å².